The summed E-state index contributed by atoms with van der Waals surface area (Å²) in [5, 5.41) is 7.67. The van der Waals surface area contributed by atoms with Gasteiger partial charge in [0, 0.05) is 41.7 Å². The molecule has 0 spiro atoms. The fraction of sp³-hybridized carbons (Fsp3) is 0.481. The van der Waals surface area contributed by atoms with E-state index in [0.717, 1.165) is 18.4 Å². The van der Waals surface area contributed by atoms with E-state index in [1.54, 1.807) is 58.3 Å². The molecule has 3 N–H and O–H groups in total. The molecule has 206 valence electrons. The second-order valence-corrected chi connectivity index (χ2v) is 10.4. The minimum atomic E-state index is -4.99. The van der Waals surface area contributed by atoms with Crippen LogP contribution in [0.25, 0.3) is 11.1 Å². The highest BCUT2D eigenvalue weighted by atomic mass is 19.4. The highest BCUT2D eigenvalue weighted by Gasteiger charge is 2.38. The average Bonchev–Trinajstić information content (AvgIpc) is 2.82. The van der Waals surface area contributed by atoms with Crippen molar-refractivity contribution in [2.24, 2.45) is 5.92 Å². The van der Waals surface area contributed by atoms with Gasteiger partial charge in [-0.2, -0.15) is 13.2 Å². The summed E-state index contributed by atoms with van der Waals surface area (Å²) in [6.45, 7) is 6.79. The summed E-state index contributed by atoms with van der Waals surface area (Å²) in [6, 6.07) is 6.25. The predicted molar refractivity (Wildman–Crippen MR) is 136 cm³/mol. The number of pyridine rings is 1. The highest BCUT2D eigenvalue weighted by Crippen LogP contribution is 2.33. The first-order valence-corrected chi connectivity index (χ1v) is 12.5. The van der Waals surface area contributed by atoms with Crippen molar-refractivity contribution >= 4 is 23.6 Å². The smallest absolute Gasteiger partial charge is 0.444 e. The molecule has 0 fully saturated rings. The van der Waals surface area contributed by atoms with Gasteiger partial charge in [-0.3, -0.25) is 14.6 Å². The molecule has 2 atom stereocenters. The number of fused-ring (bicyclic) bond motifs is 4. The van der Waals surface area contributed by atoms with Gasteiger partial charge in [-0.25, -0.2) is 4.79 Å². The Morgan fingerprint density at radius 1 is 1.11 bits per heavy atom. The number of anilines is 1. The number of halogens is 3. The van der Waals surface area contributed by atoms with Gasteiger partial charge >= 0.3 is 18.2 Å². The maximum atomic E-state index is 12.9. The molecular formula is C27H33F3N4O4. The first-order valence-electron chi connectivity index (χ1n) is 12.5. The summed E-state index contributed by atoms with van der Waals surface area (Å²) in [6.07, 6.45) is 0.437. The summed E-state index contributed by atoms with van der Waals surface area (Å²) in [4.78, 5) is 41.1. The van der Waals surface area contributed by atoms with E-state index in [4.69, 9.17) is 4.74 Å². The number of carbonyl (C=O) groups excluding carboxylic acids is 3. The van der Waals surface area contributed by atoms with E-state index in [1.807, 2.05) is 11.4 Å². The first kappa shape index (κ1) is 28.9. The lowest BCUT2D eigenvalue weighted by Crippen LogP contribution is -2.36. The highest BCUT2D eigenvalue weighted by molar-refractivity contribution is 5.96. The van der Waals surface area contributed by atoms with E-state index in [9.17, 15) is 27.6 Å². The lowest BCUT2D eigenvalue weighted by molar-refractivity contribution is -0.173. The third-order valence-corrected chi connectivity index (χ3v) is 6.04. The Hall–Kier alpha value is -3.63. The molecule has 8 nitrogen and oxygen atoms in total. The molecule has 38 heavy (non-hydrogen) atoms. The molecule has 2 heterocycles. The zero-order chi connectivity index (χ0) is 28.1. The van der Waals surface area contributed by atoms with Crippen LogP contribution in [0, 0.1) is 5.92 Å². The van der Waals surface area contributed by atoms with Crippen molar-refractivity contribution in [1.29, 1.82) is 0 Å². The molecule has 11 heteroatoms. The Balaban J connectivity index is 1.97. The van der Waals surface area contributed by atoms with Crippen molar-refractivity contribution in [2.75, 3.05) is 5.32 Å². The largest absolute Gasteiger partial charge is 0.471 e. The van der Waals surface area contributed by atoms with Crippen LogP contribution in [0.1, 0.15) is 70.5 Å². The van der Waals surface area contributed by atoms with Crippen LogP contribution in [0.4, 0.5) is 23.7 Å². The van der Waals surface area contributed by atoms with E-state index in [2.05, 4.69) is 15.6 Å². The Morgan fingerprint density at radius 2 is 1.82 bits per heavy atom. The Labute approximate surface area is 219 Å². The number of rotatable bonds is 3. The summed E-state index contributed by atoms with van der Waals surface area (Å²) in [7, 11) is 0. The predicted octanol–water partition coefficient (Wildman–Crippen LogP) is 5.64. The second-order valence-electron chi connectivity index (χ2n) is 10.4. The molecule has 1 aliphatic rings. The zero-order valence-corrected chi connectivity index (χ0v) is 21.9. The van der Waals surface area contributed by atoms with Crippen LogP contribution < -0.4 is 16.0 Å². The number of hydrogen-bond donors (Lipinski definition) is 3. The third kappa shape index (κ3) is 8.19. The number of aromatic nitrogens is 1. The number of ether oxygens (including phenoxy) is 1. The molecule has 1 aromatic carbocycles. The minimum absolute atomic E-state index is 0.227. The number of amides is 3. The minimum Gasteiger partial charge on any atom is -0.444 e. The second kappa shape index (κ2) is 11.8. The number of nitrogens with one attached hydrogen (secondary N) is 3. The standard InChI is InChI=1S/C27H33F3N4O4/c1-16-7-5-6-8-21(34-25(37)38-26(2,3)4)19-12-18(14-31-15-19)20-10-9-17(11-22(20)33-23(16)35)13-32-24(36)27(28,29)30/h9-12,14-16,21H,5-8,13H2,1-4H3,(H,32,36)(H,33,35)(H,34,37)/t16-,21+/m1/s1. The van der Waals surface area contributed by atoms with E-state index < -0.39 is 23.8 Å². The maximum Gasteiger partial charge on any atom is 0.471 e. The Bertz CT molecular complexity index is 1180. The van der Waals surface area contributed by atoms with Gasteiger partial charge in [0.15, 0.2) is 0 Å². The van der Waals surface area contributed by atoms with E-state index >= 15 is 0 Å². The number of alkyl carbamates (subject to hydrolysis) is 1. The summed E-state index contributed by atoms with van der Waals surface area (Å²) in [5.41, 5.74) is 2.10. The lowest BCUT2D eigenvalue weighted by atomic mass is 9.97. The Kier molecular flexibility index (Phi) is 9.01. The summed E-state index contributed by atoms with van der Waals surface area (Å²) < 4.78 is 43.3. The van der Waals surface area contributed by atoms with Gasteiger partial charge in [0.25, 0.3) is 0 Å². The lowest BCUT2D eigenvalue weighted by Gasteiger charge is -2.24. The molecule has 2 bridgehead atoms. The number of benzene rings is 1. The molecule has 0 saturated carbocycles. The van der Waals surface area contributed by atoms with Crippen LogP contribution in [0.3, 0.4) is 0 Å². The fourth-order valence-electron chi connectivity index (χ4n) is 4.09. The summed E-state index contributed by atoms with van der Waals surface area (Å²) in [5.74, 6) is -2.59. The van der Waals surface area contributed by atoms with E-state index in [1.165, 1.54) is 0 Å². The van der Waals surface area contributed by atoms with Crippen molar-refractivity contribution in [3.05, 3.63) is 47.8 Å². The topological polar surface area (TPSA) is 109 Å². The molecule has 0 unspecified atom stereocenters. The Morgan fingerprint density at radius 3 is 2.50 bits per heavy atom. The van der Waals surface area contributed by atoms with Crippen LogP contribution in [-0.2, 0) is 20.9 Å². The van der Waals surface area contributed by atoms with Gasteiger partial charge in [-0.05, 0) is 56.9 Å². The maximum absolute atomic E-state index is 12.9. The van der Waals surface area contributed by atoms with Crippen molar-refractivity contribution in [3.8, 4) is 11.1 Å². The summed E-state index contributed by atoms with van der Waals surface area (Å²) >= 11 is 0. The van der Waals surface area contributed by atoms with Gasteiger partial charge in [-0.15, -0.1) is 0 Å². The van der Waals surface area contributed by atoms with Gasteiger partial charge in [0.2, 0.25) is 5.91 Å². The fourth-order valence-corrected chi connectivity index (χ4v) is 4.09. The molecule has 0 aliphatic carbocycles. The number of carbonyl (C=O) groups is 3. The van der Waals surface area contributed by atoms with Gasteiger partial charge < -0.3 is 20.7 Å². The molecule has 2 aromatic rings. The number of alkyl halides is 3. The molecule has 1 aromatic heterocycles. The number of hydrogen-bond acceptors (Lipinski definition) is 5. The third-order valence-electron chi connectivity index (χ3n) is 6.04. The van der Waals surface area contributed by atoms with E-state index in [-0.39, 0.29) is 24.4 Å². The van der Waals surface area contributed by atoms with Gasteiger partial charge in [-0.1, -0.05) is 31.9 Å². The SMILES string of the molecule is C[C@@H]1CCCC[C@H](NC(=O)OC(C)(C)C)c2cncc(c2)-c2ccc(CNC(=O)C(F)(F)F)cc2NC1=O. The molecule has 3 amide bonds. The van der Waals surface area contributed by atoms with Crippen molar-refractivity contribution in [3.63, 3.8) is 0 Å². The zero-order valence-electron chi connectivity index (χ0n) is 21.9. The monoisotopic (exact) mass is 534 g/mol. The molecule has 0 saturated heterocycles. The van der Waals surface area contributed by atoms with Gasteiger partial charge in [0.05, 0.1) is 6.04 Å². The van der Waals surface area contributed by atoms with Crippen molar-refractivity contribution in [1.82, 2.24) is 15.6 Å². The van der Waals surface area contributed by atoms with Crippen LogP contribution in [-0.4, -0.2) is 34.7 Å². The van der Waals surface area contributed by atoms with Crippen LogP contribution >= 0.6 is 0 Å². The van der Waals surface area contributed by atoms with Crippen LogP contribution in [0.5, 0.6) is 0 Å². The van der Waals surface area contributed by atoms with Crippen molar-refractivity contribution < 1.29 is 32.3 Å². The quantitative estimate of drug-likeness (QED) is 0.472. The van der Waals surface area contributed by atoms with Gasteiger partial charge in [0.1, 0.15) is 5.60 Å². The van der Waals surface area contributed by atoms with E-state index in [0.29, 0.717) is 35.2 Å². The molecule has 1 aliphatic heterocycles. The van der Waals surface area contributed by atoms with Crippen molar-refractivity contribution in [2.45, 2.75) is 77.7 Å². The number of nitrogens with zero attached hydrogens (tertiary/aromatic N) is 1. The van der Waals surface area contributed by atoms with Crippen LogP contribution in [0.15, 0.2) is 36.7 Å². The molecular weight excluding hydrogens is 501 g/mol. The first-order chi connectivity index (χ1) is 17.7. The molecule has 3 rings (SSSR count). The van der Waals surface area contributed by atoms with Crippen LogP contribution in [0.2, 0.25) is 0 Å². The normalized spacial score (nSPS) is 18.6. The molecule has 0 radical (unpaired) electrons. The average molecular weight is 535 g/mol.